The second kappa shape index (κ2) is 10.9. The van der Waals surface area contributed by atoms with Crippen molar-refractivity contribution in [2.24, 2.45) is 0 Å². The molecule has 1 nitrogen and oxygen atoms in total. The summed E-state index contributed by atoms with van der Waals surface area (Å²) in [6, 6.07) is 54.5. The first kappa shape index (κ1) is 34.7. The summed E-state index contributed by atoms with van der Waals surface area (Å²) in [6.07, 6.45) is 0.902. The van der Waals surface area contributed by atoms with Gasteiger partial charge in [0.25, 0.3) is 0 Å². The average molecular weight is 772 g/mol. The Bertz CT molecular complexity index is 3290. The molecule has 1 heterocycles. The van der Waals surface area contributed by atoms with Crippen LogP contribution in [0.2, 0.25) is 0 Å². The van der Waals surface area contributed by atoms with E-state index in [9.17, 15) is 0 Å². The Labute approximate surface area is 354 Å². The van der Waals surface area contributed by atoms with Gasteiger partial charge in [0.05, 0.1) is 17.1 Å². The van der Waals surface area contributed by atoms with Crippen molar-refractivity contribution in [1.29, 1.82) is 0 Å². The average Bonchev–Trinajstić information content (AvgIpc) is 3.80. The SMILES string of the molecule is CC1(C)c2ccccc2-c2cc3c(cc21)Cc1cc2c(cc1N3c1cc3c(c4ccccc14)-c1cc4c(cc1C3(C)C)-c1ccccc1C4(C)C)C(C)(C)c1ccccc1-2. The highest BCUT2D eigenvalue weighted by atomic mass is 15.2. The molecule has 0 unspecified atom stereocenters. The Balaban J connectivity index is 1.10. The van der Waals surface area contributed by atoms with Crippen LogP contribution in [0.25, 0.3) is 55.3 Å². The Hall–Kier alpha value is -6.18. The van der Waals surface area contributed by atoms with Gasteiger partial charge in [-0.1, -0.05) is 159 Å². The van der Waals surface area contributed by atoms with Gasteiger partial charge in [-0.25, -0.2) is 0 Å². The molecular formula is C59H49N. The van der Waals surface area contributed by atoms with Crippen LogP contribution in [0.5, 0.6) is 0 Å². The maximum absolute atomic E-state index is 2.68. The largest absolute Gasteiger partial charge is 0.309 e. The minimum absolute atomic E-state index is 0.0635. The molecule has 5 aliphatic rings. The molecule has 0 fully saturated rings. The van der Waals surface area contributed by atoms with Crippen LogP contribution < -0.4 is 4.90 Å². The maximum Gasteiger partial charge on any atom is 0.0543 e. The van der Waals surface area contributed by atoms with Crippen LogP contribution in [0.15, 0.2) is 140 Å². The molecule has 13 rings (SSSR count). The van der Waals surface area contributed by atoms with Gasteiger partial charge in [0.1, 0.15) is 0 Å². The Morgan fingerprint density at radius 1 is 0.317 bits per heavy atom. The summed E-state index contributed by atoms with van der Waals surface area (Å²) in [5.74, 6) is 0. The van der Waals surface area contributed by atoms with Crippen molar-refractivity contribution in [3.8, 4) is 44.5 Å². The summed E-state index contributed by atoms with van der Waals surface area (Å²) >= 11 is 0. The molecule has 0 bridgehead atoms. The van der Waals surface area contributed by atoms with Gasteiger partial charge < -0.3 is 4.90 Å². The van der Waals surface area contributed by atoms with Crippen LogP contribution in [-0.2, 0) is 28.1 Å². The second-order valence-corrected chi connectivity index (χ2v) is 20.5. The van der Waals surface area contributed by atoms with E-state index in [0.717, 1.165) is 6.42 Å². The van der Waals surface area contributed by atoms with E-state index in [0.29, 0.717) is 0 Å². The number of benzene rings is 8. The van der Waals surface area contributed by atoms with Crippen molar-refractivity contribution in [2.45, 2.75) is 83.5 Å². The lowest BCUT2D eigenvalue weighted by Crippen LogP contribution is -2.23. The zero-order valence-electron chi connectivity index (χ0n) is 35.9. The molecule has 290 valence electrons. The third kappa shape index (κ3) is 4.05. The summed E-state index contributed by atoms with van der Waals surface area (Å²) in [7, 11) is 0. The van der Waals surface area contributed by atoms with Crippen LogP contribution >= 0.6 is 0 Å². The zero-order chi connectivity index (χ0) is 40.8. The highest BCUT2D eigenvalue weighted by molar-refractivity contribution is 6.11. The van der Waals surface area contributed by atoms with Crippen molar-refractivity contribution < 1.29 is 0 Å². The third-order valence-electron chi connectivity index (χ3n) is 16.0. The zero-order valence-corrected chi connectivity index (χ0v) is 35.9. The minimum atomic E-state index is -0.204. The quantitative estimate of drug-likeness (QED) is 0.161. The lowest BCUT2D eigenvalue weighted by atomic mass is 9.79. The summed E-state index contributed by atoms with van der Waals surface area (Å²) < 4.78 is 0. The molecule has 1 heteroatoms. The van der Waals surface area contributed by atoms with Crippen molar-refractivity contribution in [3.05, 3.63) is 195 Å². The van der Waals surface area contributed by atoms with Gasteiger partial charge in [-0.05, 0) is 142 Å². The van der Waals surface area contributed by atoms with Gasteiger partial charge in [-0.3, -0.25) is 0 Å². The van der Waals surface area contributed by atoms with E-state index in [1.54, 1.807) is 0 Å². The molecule has 0 spiro atoms. The molecule has 1 aliphatic heterocycles. The van der Waals surface area contributed by atoms with E-state index in [1.807, 2.05) is 0 Å². The van der Waals surface area contributed by atoms with E-state index in [2.05, 4.69) is 200 Å². The smallest absolute Gasteiger partial charge is 0.0543 e. The van der Waals surface area contributed by atoms with Gasteiger partial charge in [0.15, 0.2) is 0 Å². The lowest BCUT2D eigenvalue weighted by Gasteiger charge is -2.37. The number of hydrogen-bond donors (Lipinski definition) is 0. The van der Waals surface area contributed by atoms with Crippen molar-refractivity contribution in [1.82, 2.24) is 0 Å². The number of rotatable bonds is 1. The van der Waals surface area contributed by atoms with Crippen LogP contribution in [0.3, 0.4) is 0 Å². The van der Waals surface area contributed by atoms with Crippen molar-refractivity contribution in [2.75, 3.05) is 4.90 Å². The van der Waals surface area contributed by atoms with E-state index in [-0.39, 0.29) is 21.7 Å². The van der Waals surface area contributed by atoms with Crippen LogP contribution in [0, 0.1) is 0 Å². The summed E-state index contributed by atoms with van der Waals surface area (Å²) in [4.78, 5) is 2.68. The lowest BCUT2D eigenvalue weighted by molar-refractivity contribution is 0.652. The standard InChI is InChI=1S/C59H49N/c1-56(2)46-24-16-13-19-37(46)42-30-52-34(27-47(42)56)25-33-26-40-35-17-11-14-22-44(35)58(5,6)50(40)31-53(33)60(52)54-32-51-55(39-21-10-9-20-38(39)54)43-29-48-41(28-49(43)59(51,7)8)36-18-12-15-23-45(36)57(48,3)4/h9-24,26-32H,25H2,1-8H3. The minimum Gasteiger partial charge on any atom is -0.309 e. The molecule has 4 aliphatic carbocycles. The molecule has 0 saturated carbocycles. The Morgan fingerprint density at radius 3 is 1.33 bits per heavy atom. The van der Waals surface area contributed by atoms with Gasteiger partial charge in [-0.2, -0.15) is 0 Å². The highest BCUT2D eigenvalue weighted by Gasteiger charge is 2.45. The molecule has 0 aromatic heterocycles. The van der Waals surface area contributed by atoms with Gasteiger partial charge in [0.2, 0.25) is 0 Å². The molecule has 0 radical (unpaired) electrons. The van der Waals surface area contributed by atoms with Crippen molar-refractivity contribution >= 4 is 27.8 Å². The first-order chi connectivity index (χ1) is 28.8. The van der Waals surface area contributed by atoms with Gasteiger partial charge in [-0.15, -0.1) is 0 Å². The number of anilines is 3. The molecule has 8 aromatic carbocycles. The van der Waals surface area contributed by atoms with Crippen LogP contribution in [-0.4, -0.2) is 0 Å². The maximum atomic E-state index is 2.68. The predicted molar refractivity (Wildman–Crippen MR) is 252 cm³/mol. The van der Waals surface area contributed by atoms with Crippen molar-refractivity contribution in [3.63, 3.8) is 0 Å². The predicted octanol–water partition coefficient (Wildman–Crippen LogP) is 15.4. The fraction of sp³-hybridized carbons (Fsp3) is 0.220. The number of nitrogens with zero attached hydrogens (tertiary/aromatic N) is 1. The molecular weight excluding hydrogens is 723 g/mol. The Morgan fingerprint density at radius 2 is 0.717 bits per heavy atom. The Kier molecular flexibility index (Phi) is 6.32. The van der Waals surface area contributed by atoms with Gasteiger partial charge in [0, 0.05) is 33.5 Å². The number of hydrogen-bond acceptors (Lipinski definition) is 1. The highest BCUT2D eigenvalue weighted by Crippen LogP contribution is 2.61. The summed E-state index contributed by atoms with van der Waals surface area (Å²) in [5, 5.41) is 2.63. The van der Waals surface area contributed by atoms with E-state index in [1.165, 1.54) is 128 Å². The summed E-state index contributed by atoms with van der Waals surface area (Å²) in [6.45, 7) is 19.4. The third-order valence-corrected chi connectivity index (χ3v) is 16.0. The summed E-state index contributed by atoms with van der Waals surface area (Å²) in [5.41, 5.74) is 28.7. The molecule has 60 heavy (non-hydrogen) atoms. The first-order valence-corrected chi connectivity index (χ1v) is 22.0. The topological polar surface area (TPSA) is 3.24 Å². The monoisotopic (exact) mass is 771 g/mol. The molecule has 0 saturated heterocycles. The van der Waals surface area contributed by atoms with E-state index in [4.69, 9.17) is 0 Å². The van der Waals surface area contributed by atoms with Crippen LogP contribution in [0.1, 0.15) is 111 Å². The second-order valence-electron chi connectivity index (χ2n) is 20.5. The molecule has 0 N–H and O–H groups in total. The fourth-order valence-corrected chi connectivity index (χ4v) is 12.8. The van der Waals surface area contributed by atoms with E-state index < -0.39 is 0 Å². The van der Waals surface area contributed by atoms with Crippen LogP contribution in [0.4, 0.5) is 17.1 Å². The molecule has 0 atom stereocenters. The normalized spacial score (nSPS) is 17.8. The molecule has 0 amide bonds. The fourth-order valence-electron chi connectivity index (χ4n) is 12.8. The number of fused-ring (bicyclic) bond motifs is 16. The first-order valence-electron chi connectivity index (χ1n) is 22.0. The van der Waals surface area contributed by atoms with Gasteiger partial charge >= 0.3 is 0 Å². The van der Waals surface area contributed by atoms with E-state index >= 15 is 0 Å². The molecule has 8 aromatic rings.